The second kappa shape index (κ2) is 5.73. The summed E-state index contributed by atoms with van der Waals surface area (Å²) in [6.45, 7) is 0.246. The van der Waals surface area contributed by atoms with Gasteiger partial charge < -0.3 is 10.5 Å². The highest BCUT2D eigenvalue weighted by atomic mass is 35.5. The summed E-state index contributed by atoms with van der Waals surface area (Å²) in [5, 5.41) is 0.407. The van der Waals surface area contributed by atoms with Crippen molar-refractivity contribution in [2.24, 2.45) is 5.73 Å². The zero-order valence-corrected chi connectivity index (χ0v) is 11.0. The summed E-state index contributed by atoms with van der Waals surface area (Å²) >= 11 is 5.95. The Labute approximate surface area is 118 Å². The molecular formula is C14H11ClF3NO. The van der Waals surface area contributed by atoms with Gasteiger partial charge >= 0.3 is 6.36 Å². The molecule has 0 amide bonds. The molecule has 20 heavy (non-hydrogen) atoms. The molecule has 0 aliphatic rings. The van der Waals surface area contributed by atoms with Gasteiger partial charge in [-0.05, 0) is 35.4 Å². The third kappa shape index (κ3) is 3.65. The lowest BCUT2D eigenvalue weighted by atomic mass is 10.0. The normalized spacial score (nSPS) is 11.4. The van der Waals surface area contributed by atoms with Gasteiger partial charge in [0.1, 0.15) is 5.75 Å². The Hall–Kier alpha value is -1.72. The van der Waals surface area contributed by atoms with Gasteiger partial charge in [0.15, 0.2) is 0 Å². The Morgan fingerprint density at radius 2 is 1.80 bits per heavy atom. The molecule has 0 aromatic heterocycles. The van der Waals surface area contributed by atoms with Crippen LogP contribution < -0.4 is 10.5 Å². The molecule has 0 radical (unpaired) electrons. The maximum Gasteiger partial charge on any atom is 0.573 e. The lowest BCUT2D eigenvalue weighted by Crippen LogP contribution is -2.17. The molecule has 6 heteroatoms. The van der Waals surface area contributed by atoms with E-state index in [-0.39, 0.29) is 12.3 Å². The first-order valence-corrected chi connectivity index (χ1v) is 6.11. The Morgan fingerprint density at radius 3 is 2.45 bits per heavy atom. The summed E-state index contributed by atoms with van der Waals surface area (Å²) in [5.74, 6) is -0.273. The van der Waals surface area contributed by atoms with Gasteiger partial charge in [0.05, 0.1) is 0 Å². The lowest BCUT2D eigenvalue weighted by Gasteiger charge is -2.14. The molecule has 0 spiro atoms. The quantitative estimate of drug-likeness (QED) is 0.914. The van der Waals surface area contributed by atoms with Crippen molar-refractivity contribution in [3.8, 4) is 16.9 Å². The van der Waals surface area contributed by atoms with Gasteiger partial charge in [-0.1, -0.05) is 29.8 Å². The fourth-order valence-corrected chi connectivity index (χ4v) is 2.10. The van der Waals surface area contributed by atoms with Crippen molar-refractivity contribution in [3.63, 3.8) is 0 Å². The third-order valence-electron chi connectivity index (χ3n) is 2.62. The maximum atomic E-state index is 12.4. The molecule has 2 aromatic rings. The minimum Gasteiger partial charge on any atom is -0.405 e. The molecule has 0 bridgehead atoms. The largest absolute Gasteiger partial charge is 0.573 e. The van der Waals surface area contributed by atoms with E-state index >= 15 is 0 Å². The standard InChI is InChI=1S/C14H11ClF3NO/c15-11-6-9(8-19)5-10(7-11)12-3-1-2-4-13(12)20-14(16,17)18/h1-7H,8,19H2. The number of nitrogens with two attached hydrogens (primary N) is 1. The Bertz CT molecular complexity index is 614. The number of hydrogen-bond acceptors (Lipinski definition) is 2. The van der Waals surface area contributed by atoms with E-state index in [2.05, 4.69) is 4.74 Å². The van der Waals surface area contributed by atoms with Crippen molar-refractivity contribution in [1.82, 2.24) is 0 Å². The molecule has 0 saturated heterocycles. The number of hydrogen-bond donors (Lipinski definition) is 1. The van der Waals surface area contributed by atoms with Crippen LogP contribution in [0.5, 0.6) is 5.75 Å². The lowest BCUT2D eigenvalue weighted by molar-refractivity contribution is -0.274. The van der Waals surface area contributed by atoms with E-state index in [1.54, 1.807) is 24.3 Å². The highest BCUT2D eigenvalue weighted by Crippen LogP contribution is 2.35. The first-order chi connectivity index (χ1) is 9.39. The van der Waals surface area contributed by atoms with Crippen molar-refractivity contribution in [1.29, 1.82) is 0 Å². The van der Waals surface area contributed by atoms with Crippen LogP contribution in [-0.4, -0.2) is 6.36 Å². The van der Waals surface area contributed by atoms with Crippen molar-refractivity contribution in [2.75, 3.05) is 0 Å². The molecule has 0 fully saturated rings. The van der Waals surface area contributed by atoms with Crippen LogP contribution in [0.4, 0.5) is 13.2 Å². The molecule has 2 aromatic carbocycles. The molecule has 2 rings (SSSR count). The highest BCUT2D eigenvalue weighted by Gasteiger charge is 2.32. The van der Waals surface area contributed by atoms with E-state index in [1.807, 2.05) is 0 Å². The number of rotatable bonds is 3. The zero-order chi connectivity index (χ0) is 14.8. The molecule has 0 saturated carbocycles. The van der Waals surface area contributed by atoms with Crippen molar-refractivity contribution in [2.45, 2.75) is 12.9 Å². The fraction of sp³-hybridized carbons (Fsp3) is 0.143. The summed E-state index contributed by atoms with van der Waals surface area (Å²) in [6, 6.07) is 10.8. The molecular weight excluding hydrogens is 291 g/mol. The van der Waals surface area contributed by atoms with E-state index in [0.717, 1.165) is 5.56 Å². The predicted molar refractivity (Wildman–Crippen MR) is 71.5 cm³/mol. The summed E-state index contributed by atoms with van der Waals surface area (Å²) in [7, 11) is 0. The minimum atomic E-state index is -4.74. The molecule has 106 valence electrons. The van der Waals surface area contributed by atoms with Gasteiger partial charge in [0, 0.05) is 17.1 Å². The highest BCUT2D eigenvalue weighted by molar-refractivity contribution is 6.31. The summed E-state index contributed by atoms with van der Waals surface area (Å²) in [4.78, 5) is 0. The Kier molecular flexibility index (Phi) is 4.20. The predicted octanol–water partition coefficient (Wildman–Crippen LogP) is 4.36. The average molecular weight is 302 g/mol. The van der Waals surface area contributed by atoms with E-state index in [1.165, 1.54) is 18.2 Å². The molecule has 0 aliphatic heterocycles. The van der Waals surface area contributed by atoms with Crippen molar-refractivity contribution >= 4 is 11.6 Å². The molecule has 0 unspecified atom stereocenters. The number of para-hydroxylation sites is 1. The molecule has 0 aliphatic carbocycles. The van der Waals surface area contributed by atoms with Crippen LogP contribution in [0.2, 0.25) is 5.02 Å². The van der Waals surface area contributed by atoms with Gasteiger partial charge in [-0.2, -0.15) is 0 Å². The number of ether oxygens (including phenoxy) is 1. The van der Waals surface area contributed by atoms with E-state index in [9.17, 15) is 13.2 Å². The van der Waals surface area contributed by atoms with Gasteiger partial charge in [-0.15, -0.1) is 13.2 Å². The smallest absolute Gasteiger partial charge is 0.405 e. The van der Waals surface area contributed by atoms with Crippen LogP contribution in [0.25, 0.3) is 11.1 Å². The zero-order valence-electron chi connectivity index (χ0n) is 10.2. The minimum absolute atomic E-state index is 0.246. The first kappa shape index (κ1) is 14.7. The summed E-state index contributed by atoms with van der Waals surface area (Å²) in [5.41, 5.74) is 7.10. The van der Waals surface area contributed by atoms with Gasteiger partial charge in [0.2, 0.25) is 0 Å². The monoisotopic (exact) mass is 301 g/mol. The maximum absolute atomic E-state index is 12.4. The van der Waals surface area contributed by atoms with Gasteiger partial charge in [0.25, 0.3) is 0 Å². The summed E-state index contributed by atoms with van der Waals surface area (Å²) < 4.78 is 41.2. The van der Waals surface area contributed by atoms with Crippen molar-refractivity contribution in [3.05, 3.63) is 53.1 Å². The third-order valence-corrected chi connectivity index (χ3v) is 2.84. The van der Waals surface area contributed by atoms with Crippen LogP contribution in [0, 0.1) is 0 Å². The molecule has 0 atom stereocenters. The fourth-order valence-electron chi connectivity index (χ4n) is 1.84. The van der Waals surface area contributed by atoms with E-state index in [0.29, 0.717) is 16.1 Å². The summed E-state index contributed by atoms with van der Waals surface area (Å²) in [6.07, 6.45) is -4.74. The van der Waals surface area contributed by atoms with Crippen LogP contribution in [-0.2, 0) is 6.54 Å². The van der Waals surface area contributed by atoms with Crippen LogP contribution in [0.15, 0.2) is 42.5 Å². The van der Waals surface area contributed by atoms with Crippen LogP contribution in [0.1, 0.15) is 5.56 Å². The number of halogens is 4. The number of benzene rings is 2. The molecule has 0 heterocycles. The number of alkyl halides is 3. The molecule has 2 N–H and O–H groups in total. The van der Waals surface area contributed by atoms with Gasteiger partial charge in [-0.3, -0.25) is 0 Å². The van der Waals surface area contributed by atoms with E-state index < -0.39 is 6.36 Å². The Morgan fingerprint density at radius 1 is 1.10 bits per heavy atom. The SMILES string of the molecule is NCc1cc(Cl)cc(-c2ccccc2OC(F)(F)F)c1. The second-order valence-electron chi connectivity index (χ2n) is 4.10. The van der Waals surface area contributed by atoms with Crippen LogP contribution in [0.3, 0.4) is 0 Å². The van der Waals surface area contributed by atoms with Crippen molar-refractivity contribution < 1.29 is 17.9 Å². The molecule has 2 nitrogen and oxygen atoms in total. The Balaban J connectivity index is 2.50. The topological polar surface area (TPSA) is 35.2 Å². The van der Waals surface area contributed by atoms with Crippen LogP contribution >= 0.6 is 11.6 Å². The average Bonchev–Trinajstić information content (AvgIpc) is 2.36. The first-order valence-electron chi connectivity index (χ1n) is 5.74. The van der Waals surface area contributed by atoms with Gasteiger partial charge in [-0.25, -0.2) is 0 Å². The van der Waals surface area contributed by atoms with E-state index in [4.69, 9.17) is 17.3 Å². The second-order valence-corrected chi connectivity index (χ2v) is 4.53.